The predicted molar refractivity (Wildman–Crippen MR) is 107 cm³/mol. The monoisotopic (exact) mass is 370 g/mol. The molecule has 1 aliphatic rings. The standard InChI is InChI=1S/C21H30N4O2/c1-14(2)12-19(26)24-8-10-25(11-9-24)21(27)16-6-7-18-17(13-16)22-20(15(3)4)23(18)5/h6-7,13-15H,8-12H2,1-5H3. The van der Waals surface area contributed by atoms with E-state index < -0.39 is 0 Å². The summed E-state index contributed by atoms with van der Waals surface area (Å²) in [4.78, 5) is 33.5. The first-order chi connectivity index (χ1) is 12.8. The van der Waals surface area contributed by atoms with Crippen LogP contribution in [0.2, 0.25) is 0 Å². The molecule has 0 atom stereocenters. The van der Waals surface area contributed by atoms with Gasteiger partial charge in [0.2, 0.25) is 5.91 Å². The largest absolute Gasteiger partial charge is 0.339 e. The second kappa shape index (κ2) is 7.71. The lowest BCUT2D eigenvalue weighted by molar-refractivity contribution is -0.133. The number of aromatic nitrogens is 2. The van der Waals surface area contributed by atoms with Gasteiger partial charge in [-0.15, -0.1) is 0 Å². The maximum Gasteiger partial charge on any atom is 0.254 e. The van der Waals surface area contributed by atoms with E-state index in [9.17, 15) is 9.59 Å². The Kier molecular flexibility index (Phi) is 5.53. The van der Waals surface area contributed by atoms with E-state index >= 15 is 0 Å². The minimum Gasteiger partial charge on any atom is -0.339 e. The Balaban J connectivity index is 1.70. The van der Waals surface area contributed by atoms with Gasteiger partial charge in [0.25, 0.3) is 5.91 Å². The second-order valence-electron chi connectivity index (χ2n) is 8.16. The fourth-order valence-electron chi connectivity index (χ4n) is 3.69. The number of carbonyl (C=O) groups is 2. The van der Waals surface area contributed by atoms with Crippen molar-refractivity contribution in [3.05, 3.63) is 29.6 Å². The van der Waals surface area contributed by atoms with Crippen molar-refractivity contribution in [3.63, 3.8) is 0 Å². The first-order valence-electron chi connectivity index (χ1n) is 9.81. The molecule has 0 radical (unpaired) electrons. The maximum atomic E-state index is 12.9. The highest BCUT2D eigenvalue weighted by Crippen LogP contribution is 2.22. The number of aryl methyl sites for hydroxylation is 1. The smallest absolute Gasteiger partial charge is 0.254 e. The number of hydrogen-bond acceptors (Lipinski definition) is 3. The zero-order valence-electron chi connectivity index (χ0n) is 17.0. The first kappa shape index (κ1) is 19.4. The van der Waals surface area contributed by atoms with Crippen molar-refractivity contribution in [2.24, 2.45) is 13.0 Å². The van der Waals surface area contributed by atoms with Gasteiger partial charge in [0.05, 0.1) is 11.0 Å². The summed E-state index contributed by atoms with van der Waals surface area (Å²) in [6.45, 7) is 10.7. The number of hydrogen-bond donors (Lipinski definition) is 0. The van der Waals surface area contributed by atoms with Gasteiger partial charge in [0, 0.05) is 51.1 Å². The SMILES string of the molecule is CC(C)CC(=O)N1CCN(C(=O)c2ccc3c(c2)nc(C(C)C)n3C)CC1. The van der Waals surface area contributed by atoms with Crippen LogP contribution in [-0.2, 0) is 11.8 Å². The van der Waals surface area contributed by atoms with E-state index in [-0.39, 0.29) is 11.8 Å². The molecule has 146 valence electrons. The highest BCUT2D eigenvalue weighted by Gasteiger charge is 2.25. The van der Waals surface area contributed by atoms with Crippen molar-refractivity contribution in [2.45, 2.75) is 40.0 Å². The van der Waals surface area contributed by atoms with E-state index in [1.54, 1.807) is 0 Å². The molecule has 1 aromatic carbocycles. The molecule has 6 nitrogen and oxygen atoms in total. The van der Waals surface area contributed by atoms with Gasteiger partial charge in [-0.2, -0.15) is 0 Å². The van der Waals surface area contributed by atoms with E-state index in [4.69, 9.17) is 4.98 Å². The number of carbonyl (C=O) groups excluding carboxylic acids is 2. The summed E-state index contributed by atoms with van der Waals surface area (Å²) in [7, 11) is 2.01. The Morgan fingerprint density at radius 3 is 2.26 bits per heavy atom. The Morgan fingerprint density at radius 1 is 1.04 bits per heavy atom. The minimum absolute atomic E-state index is 0.0182. The second-order valence-corrected chi connectivity index (χ2v) is 8.16. The Morgan fingerprint density at radius 2 is 1.67 bits per heavy atom. The van der Waals surface area contributed by atoms with Gasteiger partial charge in [0.15, 0.2) is 0 Å². The average Bonchev–Trinajstić information content (AvgIpc) is 2.97. The predicted octanol–water partition coefficient (Wildman–Crippen LogP) is 3.03. The fourth-order valence-corrected chi connectivity index (χ4v) is 3.69. The number of imidazole rings is 1. The molecule has 2 aromatic rings. The van der Waals surface area contributed by atoms with E-state index in [1.807, 2.05) is 35.0 Å². The summed E-state index contributed by atoms with van der Waals surface area (Å²) in [6.07, 6.45) is 0.572. The maximum absolute atomic E-state index is 12.9. The quantitative estimate of drug-likeness (QED) is 0.831. The Hall–Kier alpha value is -2.37. The lowest BCUT2D eigenvalue weighted by atomic mass is 10.1. The number of rotatable bonds is 4. The van der Waals surface area contributed by atoms with Gasteiger partial charge in [-0.25, -0.2) is 4.98 Å². The summed E-state index contributed by atoms with van der Waals surface area (Å²) < 4.78 is 2.09. The van der Waals surface area contributed by atoms with Crippen LogP contribution in [-0.4, -0.2) is 57.3 Å². The average molecular weight is 370 g/mol. The zero-order chi connectivity index (χ0) is 19.7. The van der Waals surface area contributed by atoms with Crippen molar-refractivity contribution >= 4 is 22.8 Å². The van der Waals surface area contributed by atoms with E-state index in [1.165, 1.54) is 0 Å². The lowest BCUT2D eigenvalue weighted by Crippen LogP contribution is -2.50. The van der Waals surface area contributed by atoms with Crippen LogP contribution in [0, 0.1) is 5.92 Å². The van der Waals surface area contributed by atoms with Gasteiger partial charge in [-0.3, -0.25) is 9.59 Å². The Bertz CT molecular complexity index is 845. The molecule has 0 N–H and O–H groups in total. The van der Waals surface area contributed by atoms with Crippen molar-refractivity contribution in [2.75, 3.05) is 26.2 Å². The van der Waals surface area contributed by atoms with Gasteiger partial charge >= 0.3 is 0 Å². The summed E-state index contributed by atoms with van der Waals surface area (Å²) in [5.74, 6) is 1.92. The molecule has 1 saturated heterocycles. The molecule has 2 heterocycles. The molecule has 1 aromatic heterocycles. The summed E-state index contributed by atoms with van der Waals surface area (Å²) in [5, 5.41) is 0. The van der Waals surface area contributed by atoms with Crippen LogP contribution in [0.25, 0.3) is 11.0 Å². The van der Waals surface area contributed by atoms with E-state index in [0.29, 0.717) is 50.0 Å². The number of nitrogens with zero attached hydrogens (tertiary/aromatic N) is 4. The van der Waals surface area contributed by atoms with Gasteiger partial charge in [-0.1, -0.05) is 27.7 Å². The van der Waals surface area contributed by atoms with Crippen LogP contribution in [0.1, 0.15) is 56.2 Å². The third-order valence-electron chi connectivity index (χ3n) is 5.18. The molecule has 0 saturated carbocycles. The molecule has 27 heavy (non-hydrogen) atoms. The number of fused-ring (bicyclic) bond motifs is 1. The number of benzene rings is 1. The third-order valence-corrected chi connectivity index (χ3v) is 5.18. The van der Waals surface area contributed by atoms with Crippen LogP contribution in [0.4, 0.5) is 0 Å². The van der Waals surface area contributed by atoms with Crippen LogP contribution in [0.3, 0.4) is 0 Å². The van der Waals surface area contributed by atoms with Crippen LogP contribution < -0.4 is 0 Å². The fraction of sp³-hybridized carbons (Fsp3) is 0.571. The minimum atomic E-state index is 0.0182. The Labute approximate surface area is 161 Å². The third kappa shape index (κ3) is 3.99. The van der Waals surface area contributed by atoms with E-state index in [0.717, 1.165) is 16.9 Å². The first-order valence-corrected chi connectivity index (χ1v) is 9.81. The summed E-state index contributed by atoms with van der Waals surface area (Å²) in [6, 6.07) is 5.75. The molecule has 6 heteroatoms. The van der Waals surface area contributed by atoms with E-state index in [2.05, 4.69) is 32.3 Å². The normalized spacial score (nSPS) is 15.2. The van der Waals surface area contributed by atoms with Crippen LogP contribution >= 0.6 is 0 Å². The molecule has 0 bridgehead atoms. The molecular weight excluding hydrogens is 340 g/mol. The number of amides is 2. The van der Waals surface area contributed by atoms with Crippen molar-refractivity contribution in [3.8, 4) is 0 Å². The van der Waals surface area contributed by atoms with Crippen LogP contribution in [0.15, 0.2) is 18.2 Å². The van der Waals surface area contributed by atoms with Gasteiger partial charge in [0.1, 0.15) is 5.82 Å². The van der Waals surface area contributed by atoms with Crippen molar-refractivity contribution < 1.29 is 9.59 Å². The molecule has 1 fully saturated rings. The van der Waals surface area contributed by atoms with Crippen LogP contribution in [0.5, 0.6) is 0 Å². The van der Waals surface area contributed by atoms with Gasteiger partial charge < -0.3 is 14.4 Å². The highest BCUT2D eigenvalue weighted by molar-refractivity contribution is 5.97. The highest BCUT2D eigenvalue weighted by atomic mass is 16.2. The van der Waals surface area contributed by atoms with Gasteiger partial charge in [-0.05, 0) is 24.1 Å². The molecule has 1 aliphatic heterocycles. The van der Waals surface area contributed by atoms with Crippen molar-refractivity contribution in [1.82, 2.24) is 19.4 Å². The molecule has 2 amide bonds. The molecule has 3 rings (SSSR count). The molecular formula is C21H30N4O2. The lowest BCUT2D eigenvalue weighted by Gasteiger charge is -2.35. The van der Waals surface area contributed by atoms with Crippen molar-refractivity contribution in [1.29, 1.82) is 0 Å². The number of piperazine rings is 1. The zero-order valence-corrected chi connectivity index (χ0v) is 17.0. The topological polar surface area (TPSA) is 58.4 Å². The molecule has 0 spiro atoms. The summed E-state index contributed by atoms with van der Waals surface area (Å²) >= 11 is 0. The molecule has 0 aliphatic carbocycles. The molecule has 0 unspecified atom stereocenters. The summed E-state index contributed by atoms with van der Waals surface area (Å²) in [5.41, 5.74) is 2.56.